The molecule has 0 fully saturated rings. The van der Waals surface area contributed by atoms with Gasteiger partial charge in [0.05, 0.1) is 0 Å². The Morgan fingerprint density at radius 1 is 1.13 bits per heavy atom. The van der Waals surface area contributed by atoms with Crippen LogP contribution in [0.1, 0.15) is 60.3 Å². The molecular weight excluding hydrogens is 190 g/mol. The van der Waals surface area contributed by atoms with Crippen molar-refractivity contribution in [2.75, 3.05) is 0 Å². The molecular formula is C12H27NO2. The lowest BCUT2D eigenvalue weighted by atomic mass is 10.1. The second-order valence-electron chi connectivity index (χ2n) is 4.07. The van der Waals surface area contributed by atoms with Crippen molar-refractivity contribution in [2.45, 2.75) is 72.4 Å². The van der Waals surface area contributed by atoms with Crippen LogP contribution in [0.4, 0.5) is 0 Å². The fourth-order valence-corrected chi connectivity index (χ4v) is 1.52. The van der Waals surface area contributed by atoms with E-state index < -0.39 is 5.97 Å². The van der Waals surface area contributed by atoms with Crippen molar-refractivity contribution in [3.8, 4) is 0 Å². The third-order valence-electron chi connectivity index (χ3n) is 2.01. The molecule has 0 saturated carbocycles. The highest BCUT2D eigenvalue weighted by atomic mass is 16.4. The van der Waals surface area contributed by atoms with E-state index >= 15 is 0 Å². The first-order valence-electron chi connectivity index (χ1n) is 5.89. The van der Waals surface area contributed by atoms with Crippen molar-refractivity contribution in [3.05, 3.63) is 0 Å². The molecule has 2 N–H and O–H groups in total. The summed E-state index contributed by atoms with van der Waals surface area (Å²) in [6.45, 7) is 10.1. The monoisotopic (exact) mass is 217 g/mol. The molecule has 0 rings (SSSR count). The summed E-state index contributed by atoms with van der Waals surface area (Å²) in [5.41, 5.74) is 0. The molecule has 0 aromatic rings. The number of carbonyl (C=O) groups is 1. The molecule has 0 aliphatic carbocycles. The van der Waals surface area contributed by atoms with Crippen LogP contribution in [0.25, 0.3) is 0 Å². The number of carboxylic acids is 1. The zero-order chi connectivity index (χ0) is 12.3. The average Bonchev–Trinajstić information content (AvgIpc) is 2.03. The summed E-state index contributed by atoms with van der Waals surface area (Å²) in [6.07, 6.45) is 5.17. The van der Waals surface area contributed by atoms with Crippen molar-refractivity contribution in [1.29, 1.82) is 0 Å². The van der Waals surface area contributed by atoms with Crippen molar-refractivity contribution < 1.29 is 9.90 Å². The Morgan fingerprint density at radius 2 is 1.40 bits per heavy atom. The lowest BCUT2D eigenvalue weighted by Crippen LogP contribution is -2.34. The van der Waals surface area contributed by atoms with Crippen LogP contribution in [0.15, 0.2) is 0 Å². The van der Waals surface area contributed by atoms with E-state index in [0.717, 1.165) is 6.92 Å². The van der Waals surface area contributed by atoms with Crippen LogP contribution in [0.2, 0.25) is 0 Å². The van der Waals surface area contributed by atoms with E-state index in [0.29, 0.717) is 12.1 Å². The van der Waals surface area contributed by atoms with Gasteiger partial charge in [0.1, 0.15) is 0 Å². The molecule has 2 unspecified atom stereocenters. The second-order valence-corrected chi connectivity index (χ2v) is 4.07. The maximum absolute atomic E-state index is 9.00. The Hall–Kier alpha value is -0.570. The molecule has 0 aromatic carbocycles. The maximum atomic E-state index is 9.00. The second kappa shape index (κ2) is 11.5. The third-order valence-corrected chi connectivity index (χ3v) is 2.01. The summed E-state index contributed by atoms with van der Waals surface area (Å²) in [7, 11) is 0. The van der Waals surface area contributed by atoms with Gasteiger partial charge in [-0.2, -0.15) is 0 Å². The van der Waals surface area contributed by atoms with Crippen LogP contribution in [-0.4, -0.2) is 23.2 Å². The Labute approximate surface area is 94.3 Å². The Balaban J connectivity index is 0. The van der Waals surface area contributed by atoms with Crippen molar-refractivity contribution in [2.24, 2.45) is 0 Å². The molecule has 0 aliphatic heterocycles. The SMILES string of the molecule is CC(=O)O.CCCC(C)NC(C)CCC. The molecule has 3 heteroatoms. The molecule has 0 aromatic heterocycles. The normalized spacial score (nSPS) is 13.7. The highest BCUT2D eigenvalue weighted by Gasteiger charge is 2.04. The van der Waals surface area contributed by atoms with Gasteiger partial charge in [-0.25, -0.2) is 0 Å². The van der Waals surface area contributed by atoms with E-state index in [1.807, 2.05) is 0 Å². The number of hydrogen-bond acceptors (Lipinski definition) is 2. The molecule has 15 heavy (non-hydrogen) atoms. The highest BCUT2D eigenvalue weighted by Crippen LogP contribution is 2.00. The van der Waals surface area contributed by atoms with E-state index in [2.05, 4.69) is 33.0 Å². The summed E-state index contributed by atoms with van der Waals surface area (Å²) in [6, 6.07) is 1.39. The first-order valence-corrected chi connectivity index (χ1v) is 5.89. The fourth-order valence-electron chi connectivity index (χ4n) is 1.52. The van der Waals surface area contributed by atoms with Crippen molar-refractivity contribution in [3.63, 3.8) is 0 Å². The molecule has 92 valence electrons. The minimum Gasteiger partial charge on any atom is -0.481 e. The number of carboxylic acid groups (broad SMARTS) is 1. The first kappa shape index (κ1) is 16.8. The minimum atomic E-state index is -0.833. The number of nitrogens with one attached hydrogen (secondary N) is 1. The van der Waals surface area contributed by atoms with Crippen LogP contribution in [0.3, 0.4) is 0 Å². The number of aliphatic carboxylic acids is 1. The van der Waals surface area contributed by atoms with Gasteiger partial charge in [0.25, 0.3) is 5.97 Å². The number of hydrogen-bond donors (Lipinski definition) is 2. The molecule has 0 bridgehead atoms. The van der Waals surface area contributed by atoms with Gasteiger partial charge in [-0.1, -0.05) is 26.7 Å². The van der Waals surface area contributed by atoms with Gasteiger partial charge in [0.2, 0.25) is 0 Å². The molecule has 3 nitrogen and oxygen atoms in total. The smallest absolute Gasteiger partial charge is 0.300 e. The van der Waals surface area contributed by atoms with Crippen LogP contribution in [0.5, 0.6) is 0 Å². The van der Waals surface area contributed by atoms with E-state index in [1.165, 1.54) is 25.7 Å². The van der Waals surface area contributed by atoms with Gasteiger partial charge in [0.15, 0.2) is 0 Å². The van der Waals surface area contributed by atoms with Gasteiger partial charge in [0, 0.05) is 19.0 Å². The molecule has 0 spiro atoms. The van der Waals surface area contributed by atoms with Crippen molar-refractivity contribution in [1.82, 2.24) is 5.32 Å². The summed E-state index contributed by atoms with van der Waals surface area (Å²) in [5, 5.41) is 11.0. The lowest BCUT2D eigenvalue weighted by molar-refractivity contribution is -0.134. The zero-order valence-electron chi connectivity index (χ0n) is 10.8. The maximum Gasteiger partial charge on any atom is 0.300 e. The lowest BCUT2D eigenvalue weighted by Gasteiger charge is -2.18. The molecule has 0 saturated heterocycles. The van der Waals surface area contributed by atoms with Gasteiger partial charge in [-0.05, 0) is 26.7 Å². The predicted octanol–water partition coefficient (Wildman–Crippen LogP) is 3.04. The van der Waals surface area contributed by atoms with E-state index in [-0.39, 0.29) is 0 Å². The summed E-state index contributed by atoms with van der Waals surface area (Å²) in [4.78, 5) is 9.00. The predicted molar refractivity (Wildman–Crippen MR) is 65.2 cm³/mol. The molecule has 0 radical (unpaired) electrons. The molecule has 0 heterocycles. The minimum absolute atomic E-state index is 0.696. The van der Waals surface area contributed by atoms with Crippen LogP contribution in [-0.2, 0) is 4.79 Å². The molecule has 0 aliphatic rings. The Bertz CT molecular complexity index is 135. The van der Waals surface area contributed by atoms with Gasteiger partial charge >= 0.3 is 0 Å². The van der Waals surface area contributed by atoms with E-state index in [9.17, 15) is 0 Å². The van der Waals surface area contributed by atoms with Gasteiger partial charge in [-0.15, -0.1) is 0 Å². The standard InChI is InChI=1S/C10H23N.C2H4O2/c1-5-7-9(3)11-10(4)8-6-2;1-2(3)4/h9-11H,5-8H2,1-4H3;1H3,(H,3,4). The summed E-state index contributed by atoms with van der Waals surface area (Å²) in [5.74, 6) is -0.833. The average molecular weight is 217 g/mol. The summed E-state index contributed by atoms with van der Waals surface area (Å²) >= 11 is 0. The topological polar surface area (TPSA) is 49.3 Å². The Morgan fingerprint density at radius 3 is 1.60 bits per heavy atom. The zero-order valence-corrected chi connectivity index (χ0v) is 10.8. The van der Waals surface area contributed by atoms with E-state index in [1.54, 1.807) is 0 Å². The van der Waals surface area contributed by atoms with Crippen molar-refractivity contribution >= 4 is 5.97 Å². The van der Waals surface area contributed by atoms with E-state index in [4.69, 9.17) is 9.90 Å². The molecule has 0 amide bonds. The quantitative estimate of drug-likeness (QED) is 0.719. The fraction of sp³-hybridized carbons (Fsp3) is 0.917. The highest BCUT2D eigenvalue weighted by molar-refractivity contribution is 5.62. The summed E-state index contributed by atoms with van der Waals surface area (Å²) < 4.78 is 0. The van der Waals surface area contributed by atoms with Crippen LogP contribution < -0.4 is 5.32 Å². The van der Waals surface area contributed by atoms with Crippen LogP contribution in [0, 0.1) is 0 Å². The van der Waals surface area contributed by atoms with Gasteiger partial charge < -0.3 is 10.4 Å². The van der Waals surface area contributed by atoms with Gasteiger partial charge in [-0.3, -0.25) is 4.79 Å². The Kier molecular flexibility index (Phi) is 12.9. The molecule has 2 atom stereocenters. The first-order chi connectivity index (χ1) is 6.93. The third kappa shape index (κ3) is 19.7. The largest absolute Gasteiger partial charge is 0.481 e. The van der Waals surface area contributed by atoms with Crippen LogP contribution >= 0.6 is 0 Å². The number of rotatable bonds is 6.